The molecular weight excluding hydrogens is 253 g/mol. The molecule has 0 radical (unpaired) electrons. The van der Waals surface area contributed by atoms with Crippen molar-refractivity contribution in [3.8, 4) is 0 Å². The van der Waals surface area contributed by atoms with Gasteiger partial charge >= 0.3 is 0 Å². The van der Waals surface area contributed by atoms with E-state index >= 15 is 0 Å². The van der Waals surface area contributed by atoms with Gasteiger partial charge in [-0.3, -0.25) is 0 Å². The highest BCUT2D eigenvalue weighted by atomic mass is 19.3. The highest BCUT2D eigenvalue weighted by Crippen LogP contribution is 2.27. The zero-order valence-electron chi connectivity index (χ0n) is 11.6. The molecule has 0 amide bonds. The minimum atomic E-state index is -2.41. The Morgan fingerprint density at radius 2 is 2.00 bits per heavy atom. The molecule has 0 saturated carbocycles. The minimum Gasteiger partial charge on any atom is -0.369 e. The highest BCUT2D eigenvalue weighted by Gasteiger charge is 2.16. The Balaban J connectivity index is 2.96. The van der Waals surface area contributed by atoms with E-state index in [0.29, 0.717) is 11.3 Å². The van der Waals surface area contributed by atoms with E-state index in [1.807, 2.05) is 13.8 Å². The fraction of sp³-hybridized carbons (Fsp3) is 0.571. The SMILES string of the molecule is CCCNC(C)c1cc(F)ccc1N(C)CC(F)F. The Kier molecular flexibility index (Phi) is 6.15. The molecule has 0 aromatic heterocycles. The van der Waals surface area contributed by atoms with Crippen molar-refractivity contribution in [3.63, 3.8) is 0 Å². The molecule has 0 heterocycles. The molecule has 108 valence electrons. The highest BCUT2D eigenvalue weighted by molar-refractivity contribution is 5.54. The maximum absolute atomic E-state index is 13.4. The second-order valence-electron chi connectivity index (χ2n) is 4.65. The van der Waals surface area contributed by atoms with Crippen molar-refractivity contribution < 1.29 is 13.2 Å². The molecule has 5 heteroatoms. The monoisotopic (exact) mass is 274 g/mol. The first-order chi connectivity index (χ1) is 8.95. The molecule has 19 heavy (non-hydrogen) atoms. The van der Waals surface area contributed by atoms with Gasteiger partial charge in [-0.15, -0.1) is 0 Å². The van der Waals surface area contributed by atoms with Crippen molar-refractivity contribution in [1.82, 2.24) is 5.32 Å². The summed E-state index contributed by atoms with van der Waals surface area (Å²) in [4.78, 5) is 1.46. The predicted molar refractivity (Wildman–Crippen MR) is 72.4 cm³/mol. The second-order valence-corrected chi connectivity index (χ2v) is 4.65. The van der Waals surface area contributed by atoms with E-state index in [0.717, 1.165) is 13.0 Å². The molecular formula is C14H21F3N2. The Morgan fingerprint density at radius 3 is 2.58 bits per heavy atom. The Morgan fingerprint density at radius 1 is 1.32 bits per heavy atom. The third-order valence-corrected chi connectivity index (χ3v) is 2.98. The van der Waals surface area contributed by atoms with Crippen molar-refractivity contribution in [1.29, 1.82) is 0 Å². The molecule has 0 saturated heterocycles. The Labute approximate surface area is 112 Å². The van der Waals surface area contributed by atoms with Crippen LogP contribution in [0, 0.1) is 5.82 Å². The third-order valence-electron chi connectivity index (χ3n) is 2.98. The summed E-state index contributed by atoms with van der Waals surface area (Å²) in [5.41, 5.74) is 1.34. The van der Waals surface area contributed by atoms with Crippen LogP contribution in [0.4, 0.5) is 18.9 Å². The minimum absolute atomic E-state index is 0.0780. The van der Waals surface area contributed by atoms with Crippen LogP contribution in [0.15, 0.2) is 18.2 Å². The van der Waals surface area contributed by atoms with Gasteiger partial charge in [0.1, 0.15) is 5.82 Å². The van der Waals surface area contributed by atoms with Crippen LogP contribution in [0.3, 0.4) is 0 Å². The first-order valence-corrected chi connectivity index (χ1v) is 6.47. The number of anilines is 1. The number of hydrogen-bond acceptors (Lipinski definition) is 2. The predicted octanol–water partition coefficient (Wildman–Crippen LogP) is 3.59. The molecule has 0 aliphatic heterocycles. The van der Waals surface area contributed by atoms with Crippen molar-refractivity contribution in [2.24, 2.45) is 0 Å². The Bertz CT molecular complexity index is 396. The third kappa shape index (κ3) is 4.74. The number of hydrogen-bond donors (Lipinski definition) is 1. The van der Waals surface area contributed by atoms with E-state index in [9.17, 15) is 13.2 Å². The van der Waals surface area contributed by atoms with Crippen molar-refractivity contribution in [2.45, 2.75) is 32.7 Å². The first-order valence-electron chi connectivity index (χ1n) is 6.47. The molecule has 1 aromatic carbocycles. The van der Waals surface area contributed by atoms with Gasteiger partial charge < -0.3 is 10.2 Å². The van der Waals surface area contributed by atoms with Gasteiger partial charge in [0.2, 0.25) is 0 Å². The average Bonchev–Trinajstić information content (AvgIpc) is 2.34. The van der Waals surface area contributed by atoms with Gasteiger partial charge in [0, 0.05) is 18.8 Å². The lowest BCUT2D eigenvalue weighted by molar-refractivity contribution is 0.156. The maximum atomic E-state index is 13.4. The van der Waals surface area contributed by atoms with Gasteiger partial charge in [-0.05, 0) is 43.7 Å². The van der Waals surface area contributed by atoms with Crippen LogP contribution in [0.1, 0.15) is 31.9 Å². The normalized spacial score (nSPS) is 12.8. The summed E-state index contributed by atoms with van der Waals surface area (Å²) >= 11 is 0. The lowest BCUT2D eigenvalue weighted by Gasteiger charge is -2.25. The summed E-state index contributed by atoms with van der Waals surface area (Å²) in [6.45, 7) is 4.38. The number of benzene rings is 1. The van der Waals surface area contributed by atoms with Gasteiger partial charge in [-0.2, -0.15) is 0 Å². The van der Waals surface area contributed by atoms with Crippen LogP contribution in [-0.4, -0.2) is 26.6 Å². The fourth-order valence-corrected chi connectivity index (χ4v) is 2.00. The van der Waals surface area contributed by atoms with E-state index in [1.54, 1.807) is 13.1 Å². The zero-order valence-corrected chi connectivity index (χ0v) is 11.6. The maximum Gasteiger partial charge on any atom is 0.255 e. The summed E-state index contributed by atoms with van der Waals surface area (Å²) in [5.74, 6) is -0.352. The molecule has 0 aliphatic rings. The smallest absolute Gasteiger partial charge is 0.255 e. The topological polar surface area (TPSA) is 15.3 Å². The second kappa shape index (κ2) is 7.38. The van der Waals surface area contributed by atoms with Crippen molar-refractivity contribution in [2.75, 3.05) is 25.0 Å². The lowest BCUT2D eigenvalue weighted by Crippen LogP contribution is -2.27. The van der Waals surface area contributed by atoms with E-state index in [1.165, 1.54) is 17.0 Å². The molecule has 0 fully saturated rings. The van der Waals surface area contributed by atoms with Crippen LogP contribution in [-0.2, 0) is 0 Å². The van der Waals surface area contributed by atoms with E-state index < -0.39 is 6.43 Å². The molecule has 1 rings (SSSR count). The van der Waals surface area contributed by atoms with Crippen molar-refractivity contribution >= 4 is 5.69 Å². The van der Waals surface area contributed by atoms with E-state index in [4.69, 9.17) is 0 Å². The number of nitrogens with one attached hydrogen (secondary N) is 1. The zero-order chi connectivity index (χ0) is 14.4. The van der Waals surface area contributed by atoms with E-state index in [2.05, 4.69) is 5.32 Å². The van der Waals surface area contributed by atoms with Crippen LogP contribution in [0.25, 0.3) is 0 Å². The summed E-state index contributed by atoms with van der Waals surface area (Å²) in [6.07, 6.45) is -1.45. The average molecular weight is 274 g/mol. The quantitative estimate of drug-likeness (QED) is 0.817. The molecule has 0 aliphatic carbocycles. The van der Waals surface area contributed by atoms with Crippen LogP contribution in [0.5, 0.6) is 0 Å². The largest absolute Gasteiger partial charge is 0.369 e. The van der Waals surface area contributed by atoms with Gasteiger partial charge in [-0.25, -0.2) is 13.2 Å². The van der Waals surface area contributed by atoms with Gasteiger partial charge in [0.15, 0.2) is 0 Å². The van der Waals surface area contributed by atoms with Crippen LogP contribution in [0.2, 0.25) is 0 Å². The molecule has 1 aromatic rings. The van der Waals surface area contributed by atoms with Gasteiger partial charge in [-0.1, -0.05) is 6.92 Å². The van der Waals surface area contributed by atoms with Crippen molar-refractivity contribution in [3.05, 3.63) is 29.6 Å². The molecule has 1 N–H and O–H groups in total. The van der Waals surface area contributed by atoms with Crippen LogP contribution >= 0.6 is 0 Å². The molecule has 1 atom stereocenters. The fourth-order valence-electron chi connectivity index (χ4n) is 2.00. The van der Waals surface area contributed by atoms with Gasteiger partial charge in [0.05, 0.1) is 6.54 Å². The summed E-state index contributed by atoms with van der Waals surface area (Å²) in [7, 11) is 1.59. The van der Waals surface area contributed by atoms with Gasteiger partial charge in [0.25, 0.3) is 6.43 Å². The lowest BCUT2D eigenvalue weighted by atomic mass is 10.0. The number of alkyl halides is 2. The summed E-state index contributed by atoms with van der Waals surface area (Å²) in [6, 6.07) is 4.18. The molecule has 0 bridgehead atoms. The summed E-state index contributed by atoms with van der Waals surface area (Å²) in [5, 5.41) is 3.24. The number of nitrogens with zero attached hydrogens (tertiary/aromatic N) is 1. The standard InChI is InChI=1S/C14H21F3N2/c1-4-7-18-10(2)12-8-11(15)5-6-13(12)19(3)9-14(16)17/h5-6,8,10,14,18H,4,7,9H2,1-3H3. The molecule has 1 unspecified atom stereocenters. The molecule has 2 nitrogen and oxygen atoms in total. The first kappa shape index (κ1) is 15.8. The van der Waals surface area contributed by atoms with E-state index in [-0.39, 0.29) is 18.4 Å². The summed E-state index contributed by atoms with van der Waals surface area (Å²) < 4.78 is 38.3. The Hall–Kier alpha value is -1.23. The number of halogens is 3. The number of rotatable bonds is 7. The van der Waals surface area contributed by atoms with Crippen LogP contribution < -0.4 is 10.2 Å². The molecule has 0 spiro atoms.